The molecule has 7 nitrogen and oxygen atoms in total. The van der Waals surface area contributed by atoms with Crippen LogP contribution in [0.3, 0.4) is 0 Å². The van der Waals surface area contributed by atoms with Crippen LogP contribution in [0.25, 0.3) is 0 Å². The SMILES string of the molecule is Cc1cc(C(=O)CN2CCN(C(=O)O)CC2)ccc1OCCCN1CCC[C@H]1C. The van der Waals surface area contributed by atoms with E-state index in [1.54, 1.807) is 0 Å². The van der Waals surface area contributed by atoms with Crippen LogP contribution in [0.15, 0.2) is 18.2 Å². The monoisotopic (exact) mass is 403 g/mol. The second-order valence-corrected chi connectivity index (χ2v) is 8.18. The highest BCUT2D eigenvalue weighted by atomic mass is 16.5. The summed E-state index contributed by atoms with van der Waals surface area (Å²) in [6.45, 7) is 9.62. The van der Waals surface area contributed by atoms with Gasteiger partial charge in [-0.3, -0.25) is 9.69 Å². The molecule has 0 aliphatic carbocycles. The van der Waals surface area contributed by atoms with Gasteiger partial charge in [-0.1, -0.05) is 0 Å². The van der Waals surface area contributed by atoms with Crippen molar-refractivity contribution in [3.63, 3.8) is 0 Å². The summed E-state index contributed by atoms with van der Waals surface area (Å²) in [5.41, 5.74) is 1.66. The number of Topliss-reactive ketones (excluding diaryl/α,β-unsaturated/α-hetero) is 1. The lowest BCUT2D eigenvalue weighted by atomic mass is 10.1. The minimum absolute atomic E-state index is 0.0615. The lowest BCUT2D eigenvalue weighted by Crippen LogP contribution is -2.49. The molecular weight excluding hydrogens is 370 g/mol. The number of benzene rings is 1. The number of carbonyl (C=O) groups excluding carboxylic acids is 1. The Morgan fingerprint density at radius 2 is 1.93 bits per heavy atom. The highest BCUT2D eigenvalue weighted by molar-refractivity contribution is 5.98. The lowest BCUT2D eigenvalue weighted by molar-refractivity contribution is 0.0835. The van der Waals surface area contributed by atoms with Crippen LogP contribution in [-0.4, -0.2) is 90.1 Å². The van der Waals surface area contributed by atoms with Crippen molar-refractivity contribution in [3.8, 4) is 5.75 Å². The minimum Gasteiger partial charge on any atom is -0.493 e. The molecule has 2 heterocycles. The Morgan fingerprint density at radius 1 is 1.17 bits per heavy atom. The van der Waals surface area contributed by atoms with E-state index in [9.17, 15) is 9.59 Å². The fourth-order valence-corrected chi connectivity index (χ4v) is 4.15. The molecule has 2 aliphatic heterocycles. The van der Waals surface area contributed by atoms with Crippen molar-refractivity contribution in [3.05, 3.63) is 29.3 Å². The zero-order chi connectivity index (χ0) is 20.8. The molecule has 0 spiro atoms. The van der Waals surface area contributed by atoms with Crippen LogP contribution in [0, 0.1) is 6.92 Å². The van der Waals surface area contributed by atoms with Crippen LogP contribution in [0.1, 0.15) is 42.1 Å². The van der Waals surface area contributed by atoms with Crippen LogP contribution in [0.4, 0.5) is 4.79 Å². The van der Waals surface area contributed by atoms with Gasteiger partial charge in [-0.15, -0.1) is 0 Å². The summed E-state index contributed by atoms with van der Waals surface area (Å²) in [5, 5.41) is 9.01. The van der Waals surface area contributed by atoms with Crippen LogP contribution >= 0.6 is 0 Å². The minimum atomic E-state index is -0.892. The molecule has 7 heteroatoms. The zero-order valence-corrected chi connectivity index (χ0v) is 17.6. The van der Waals surface area contributed by atoms with Gasteiger partial charge in [0.1, 0.15) is 5.75 Å². The molecular formula is C22H33N3O4. The summed E-state index contributed by atoms with van der Waals surface area (Å²) >= 11 is 0. The molecule has 0 bridgehead atoms. The summed E-state index contributed by atoms with van der Waals surface area (Å²) in [6, 6.07) is 6.31. The van der Waals surface area contributed by atoms with Crippen LogP contribution in [0.2, 0.25) is 0 Å². The standard InChI is InChI=1S/C22H33N3O4/c1-17-15-19(20(26)16-23-10-12-25(13-11-23)22(27)28)6-7-21(17)29-14-4-9-24-8-3-5-18(24)2/h6-7,15,18H,3-5,8-14,16H2,1-2H3,(H,27,28)/t18-/m1/s1. The van der Waals surface area contributed by atoms with Gasteiger partial charge in [0.15, 0.2) is 5.78 Å². The Kier molecular flexibility index (Phi) is 7.50. The lowest BCUT2D eigenvalue weighted by Gasteiger charge is -2.32. The first-order valence-electron chi connectivity index (χ1n) is 10.6. The molecule has 0 saturated carbocycles. The van der Waals surface area contributed by atoms with E-state index in [2.05, 4.69) is 11.8 Å². The Morgan fingerprint density at radius 3 is 2.55 bits per heavy atom. The molecule has 0 aromatic heterocycles. The number of nitrogens with zero attached hydrogens (tertiary/aromatic N) is 3. The van der Waals surface area contributed by atoms with E-state index in [1.807, 2.05) is 30.0 Å². The van der Waals surface area contributed by atoms with Gasteiger partial charge in [0, 0.05) is 44.3 Å². The fourth-order valence-electron chi connectivity index (χ4n) is 4.15. The Labute approximate surface area is 173 Å². The number of amides is 1. The molecule has 1 N–H and O–H groups in total. The number of ether oxygens (including phenoxy) is 1. The molecule has 2 saturated heterocycles. The van der Waals surface area contributed by atoms with Crippen molar-refractivity contribution in [2.24, 2.45) is 0 Å². The second-order valence-electron chi connectivity index (χ2n) is 8.18. The average molecular weight is 404 g/mol. The smallest absolute Gasteiger partial charge is 0.407 e. The van der Waals surface area contributed by atoms with E-state index in [4.69, 9.17) is 9.84 Å². The maximum atomic E-state index is 12.6. The predicted octanol–water partition coefficient (Wildman–Crippen LogP) is 2.73. The first kappa shape index (κ1) is 21.6. The number of hydrogen-bond acceptors (Lipinski definition) is 5. The maximum Gasteiger partial charge on any atom is 0.407 e. The molecule has 29 heavy (non-hydrogen) atoms. The Bertz CT molecular complexity index is 716. The molecule has 1 amide bonds. The van der Waals surface area contributed by atoms with E-state index in [0.717, 1.165) is 24.3 Å². The number of carboxylic acid groups (broad SMARTS) is 1. The number of piperazine rings is 1. The number of likely N-dealkylation sites (tertiary alicyclic amines) is 1. The molecule has 3 rings (SSSR count). The summed E-state index contributed by atoms with van der Waals surface area (Å²) in [7, 11) is 0. The van der Waals surface area contributed by atoms with Crippen molar-refractivity contribution in [2.45, 2.75) is 39.2 Å². The van der Waals surface area contributed by atoms with Crippen LogP contribution in [-0.2, 0) is 0 Å². The molecule has 2 fully saturated rings. The number of aryl methyl sites for hydroxylation is 1. The van der Waals surface area contributed by atoms with Crippen molar-refractivity contribution < 1.29 is 19.4 Å². The number of ketones is 1. The fraction of sp³-hybridized carbons (Fsp3) is 0.636. The highest BCUT2D eigenvalue weighted by Crippen LogP contribution is 2.21. The maximum absolute atomic E-state index is 12.6. The van der Waals surface area contributed by atoms with Crippen molar-refractivity contribution in [2.75, 3.05) is 52.4 Å². The zero-order valence-electron chi connectivity index (χ0n) is 17.6. The summed E-state index contributed by atoms with van der Waals surface area (Å²) < 4.78 is 5.94. The quantitative estimate of drug-likeness (QED) is 0.531. The van der Waals surface area contributed by atoms with Gasteiger partial charge >= 0.3 is 6.09 Å². The molecule has 0 unspecified atom stereocenters. The highest BCUT2D eigenvalue weighted by Gasteiger charge is 2.22. The second kappa shape index (κ2) is 10.1. The van der Waals surface area contributed by atoms with Gasteiger partial charge in [-0.05, 0) is 63.4 Å². The largest absolute Gasteiger partial charge is 0.493 e. The van der Waals surface area contributed by atoms with E-state index in [1.165, 1.54) is 24.3 Å². The Hall–Kier alpha value is -2.12. The van der Waals surface area contributed by atoms with E-state index >= 15 is 0 Å². The molecule has 1 atom stereocenters. The van der Waals surface area contributed by atoms with Gasteiger partial charge in [-0.25, -0.2) is 4.79 Å². The van der Waals surface area contributed by atoms with Crippen molar-refractivity contribution in [1.29, 1.82) is 0 Å². The normalized spacial score (nSPS) is 20.8. The average Bonchev–Trinajstić information content (AvgIpc) is 3.11. The van der Waals surface area contributed by atoms with Gasteiger partial charge in [-0.2, -0.15) is 0 Å². The Balaban J connectivity index is 1.43. The first-order valence-corrected chi connectivity index (χ1v) is 10.6. The number of rotatable bonds is 8. The van der Waals surface area contributed by atoms with E-state index in [-0.39, 0.29) is 5.78 Å². The number of carbonyl (C=O) groups is 2. The van der Waals surface area contributed by atoms with Gasteiger partial charge in [0.05, 0.1) is 13.2 Å². The van der Waals surface area contributed by atoms with Crippen LogP contribution in [0.5, 0.6) is 5.75 Å². The molecule has 0 radical (unpaired) electrons. The van der Waals surface area contributed by atoms with E-state index < -0.39 is 6.09 Å². The van der Waals surface area contributed by atoms with Crippen molar-refractivity contribution in [1.82, 2.24) is 14.7 Å². The molecule has 1 aromatic carbocycles. The molecule has 2 aliphatic rings. The third-order valence-electron chi connectivity index (χ3n) is 6.04. The molecule has 160 valence electrons. The van der Waals surface area contributed by atoms with Crippen LogP contribution < -0.4 is 4.74 Å². The van der Waals surface area contributed by atoms with Gasteiger partial charge in [0.25, 0.3) is 0 Å². The number of hydrogen-bond donors (Lipinski definition) is 1. The summed E-state index contributed by atoms with van der Waals surface area (Å²) in [4.78, 5) is 29.5. The molecule has 1 aromatic rings. The topological polar surface area (TPSA) is 73.3 Å². The third-order valence-corrected chi connectivity index (χ3v) is 6.04. The van der Waals surface area contributed by atoms with E-state index in [0.29, 0.717) is 50.9 Å². The first-order chi connectivity index (χ1) is 13.9. The van der Waals surface area contributed by atoms with Crippen molar-refractivity contribution >= 4 is 11.9 Å². The summed E-state index contributed by atoms with van der Waals surface area (Å²) in [6.07, 6.45) is 2.71. The summed E-state index contributed by atoms with van der Waals surface area (Å²) in [5.74, 6) is 0.900. The van der Waals surface area contributed by atoms with Gasteiger partial charge < -0.3 is 19.6 Å². The predicted molar refractivity (Wildman–Crippen MR) is 112 cm³/mol. The van der Waals surface area contributed by atoms with Gasteiger partial charge in [0.2, 0.25) is 0 Å². The third kappa shape index (κ3) is 5.93.